The van der Waals surface area contributed by atoms with Gasteiger partial charge in [0.2, 0.25) is 17.7 Å². The van der Waals surface area contributed by atoms with Crippen molar-refractivity contribution in [2.24, 2.45) is 5.73 Å². The summed E-state index contributed by atoms with van der Waals surface area (Å²) in [5, 5.41) is 35.1. The second-order valence-corrected chi connectivity index (χ2v) is 7.26. The molecule has 1 aromatic carbocycles. The Morgan fingerprint density at radius 1 is 1.12 bits per heavy atom. The molecule has 0 aliphatic carbocycles. The number of rotatable bonds is 11. The average Bonchev–Trinajstić information content (AvgIpc) is 3.16. The molecule has 1 heterocycles. The number of benzene rings is 1. The van der Waals surface area contributed by atoms with Crippen LogP contribution in [0.15, 0.2) is 30.5 Å². The summed E-state index contributed by atoms with van der Waals surface area (Å²) < 4.78 is 0. The van der Waals surface area contributed by atoms with Crippen molar-refractivity contribution < 1.29 is 34.5 Å². The number of nitrogens with two attached hydrogens (primary N) is 1. The monoisotopic (exact) mass is 449 g/mol. The number of aliphatic hydroxyl groups is 2. The Morgan fingerprint density at radius 2 is 1.81 bits per heavy atom. The van der Waals surface area contributed by atoms with E-state index in [-0.39, 0.29) is 6.42 Å². The molecule has 0 saturated carbocycles. The summed E-state index contributed by atoms with van der Waals surface area (Å²) in [7, 11) is 0. The van der Waals surface area contributed by atoms with Crippen LogP contribution in [-0.2, 0) is 25.6 Å². The quantitative estimate of drug-likeness (QED) is 0.185. The topological polar surface area (TPSA) is 207 Å². The first-order valence-electron chi connectivity index (χ1n) is 9.83. The molecule has 0 saturated heterocycles. The van der Waals surface area contributed by atoms with E-state index in [0.717, 1.165) is 16.5 Å². The highest BCUT2D eigenvalue weighted by atomic mass is 16.4. The zero-order chi connectivity index (χ0) is 23.8. The smallest absolute Gasteiger partial charge is 0.328 e. The minimum absolute atomic E-state index is 0.230. The van der Waals surface area contributed by atoms with Gasteiger partial charge in [-0.3, -0.25) is 14.4 Å². The Balaban J connectivity index is 1.88. The van der Waals surface area contributed by atoms with Crippen molar-refractivity contribution in [3.8, 4) is 0 Å². The lowest BCUT2D eigenvalue weighted by Crippen LogP contribution is -2.57. The lowest BCUT2D eigenvalue weighted by atomic mass is 10.1. The Kier molecular flexibility index (Phi) is 8.70. The number of para-hydroxylation sites is 1. The third-order valence-electron chi connectivity index (χ3n) is 4.75. The van der Waals surface area contributed by atoms with Crippen LogP contribution >= 0.6 is 0 Å². The van der Waals surface area contributed by atoms with Crippen molar-refractivity contribution >= 4 is 34.6 Å². The number of hydrogen-bond donors (Lipinski definition) is 8. The van der Waals surface area contributed by atoms with Crippen LogP contribution in [0.3, 0.4) is 0 Å². The minimum Gasteiger partial charge on any atom is -0.480 e. The predicted molar refractivity (Wildman–Crippen MR) is 113 cm³/mol. The van der Waals surface area contributed by atoms with E-state index in [1.165, 1.54) is 6.92 Å². The highest BCUT2D eigenvalue weighted by molar-refractivity contribution is 5.93. The molecule has 0 spiro atoms. The van der Waals surface area contributed by atoms with Gasteiger partial charge < -0.3 is 42.0 Å². The Morgan fingerprint density at radius 3 is 2.44 bits per heavy atom. The second-order valence-electron chi connectivity index (χ2n) is 7.26. The molecule has 2 aromatic rings. The summed E-state index contributed by atoms with van der Waals surface area (Å²) in [6.07, 6.45) is 0.619. The second kappa shape index (κ2) is 11.2. The number of aromatic amines is 1. The Labute approximate surface area is 183 Å². The first kappa shape index (κ1) is 24.8. The molecule has 4 atom stereocenters. The summed E-state index contributed by atoms with van der Waals surface area (Å²) in [6.45, 7) is -0.167. The van der Waals surface area contributed by atoms with Crippen LogP contribution in [0.4, 0.5) is 0 Å². The molecule has 12 nitrogen and oxygen atoms in total. The molecule has 12 heteroatoms. The third-order valence-corrected chi connectivity index (χ3v) is 4.75. The number of fused-ring (bicyclic) bond motifs is 1. The largest absolute Gasteiger partial charge is 0.480 e. The van der Waals surface area contributed by atoms with Crippen LogP contribution in [0.5, 0.6) is 0 Å². The molecule has 0 radical (unpaired) electrons. The van der Waals surface area contributed by atoms with Gasteiger partial charge in [0, 0.05) is 17.1 Å². The SMILES string of the molecule is CC(O)C(NC(=O)CNC(=O)C(N)Cc1c[nH]c2ccccc12)C(=O)NC(CO)C(=O)O. The van der Waals surface area contributed by atoms with E-state index < -0.39 is 61.1 Å². The molecule has 0 aliphatic rings. The van der Waals surface area contributed by atoms with Gasteiger partial charge in [-0.25, -0.2) is 4.79 Å². The van der Waals surface area contributed by atoms with Crippen LogP contribution in [0.25, 0.3) is 10.9 Å². The maximum atomic E-state index is 12.3. The number of aliphatic carboxylic acids is 1. The van der Waals surface area contributed by atoms with Crippen LogP contribution in [0.1, 0.15) is 12.5 Å². The summed E-state index contributed by atoms with van der Waals surface area (Å²) in [4.78, 5) is 50.6. The first-order chi connectivity index (χ1) is 15.1. The third kappa shape index (κ3) is 6.51. The number of carboxylic acid groups (broad SMARTS) is 1. The summed E-state index contributed by atoms with van der Waals surface area (Å²) >= 11 is 0. The maximum Gasteiger partial charge on any atom is 0.328 e. The van der Waals surface area contributed by atoms with Gasteiger partial charge in [-0.2, -0.15) is 0 Å². The number of amides is 3. The lowest BCUT2D eigenvalue weighted by Gasteiger charge is -2.23. The van der Waals surface area contributed by atoms with E-state index in [1.807, 2.05) is 29.6 Å². The van der Waals surface area contributed by atoms with E-state index in [2.05, 4.69) is 15.6 Å². The Bertz CT molecular complexity index is 974. The van der Waals surface area contributed by atoms with Crippen molar-refractivity contribution in [1.82, 2.24) is 20.9 Å². The lowest BCUT2D eigenvalue weighted by molar-refractivity contribution is -0.144. The standard InChI is InChI=1S/C20H27N5O7/c1-10(27)17(19(30)24-15(9-26)20(31)32)25-16(28)8-23-18(29)13(21)6-11-7-22-14-5-3-2-4-12(11)14/h2-5,7,10,13,15,17,22,26-27H,6,8-9,21H2,1H3,(H,23,29)(H,24,30)(H,25,28)(H,31,32). The number of H-pyrrole nitrogens is 1. The number of carbonyl (C=O) groups is 4. The van der Waals surface area contributed by atoms with Crippen molar-refractivity contribution in [2.45, 2.75) is 37.6 Å². The summed E-state index contributed by atoms with van der Waals surface area (Å²) in [6, 6.07) is 3.51. The summed E-state index contributed by atoms with van der Waals surface area (Å²) in [5.41, 5.74) is 7.69. The van der Waals surface area contributed by atoms with Gasteiger partial charge in [0.15, 0.2) is 0 Å². The molecule has 32 heavy (non-hydrogen) atoms. The molecule has 2 rings (SSSR count). The average molecular weight is 449 g/mol. The van der Waals surface area contributed by atoms with Gasteiger partial charge >= 0.3 is 5.97 Å². The van der Waals surface area contributed by atoms with Gasteiger partial charge in [0.25, 0.3) is 0 Å². The molecule has 9 N–H and O–H groups in total. The van der Waals surface area contributed by atoms with Gasteiger partial charge in [0.05, 0.1) is 25.3 Å². The molecular weight excluding hydrogens is 422 g/mol. The zero-order valence-electron chi connectivity index (χ0n) is 17.4. The predicted octanol–water partition coefficient (Wildman–Crippen LogP) is -2.42. The fraction of sp³-hybridized carbons (Fsp3) is 0.400. The Hall–Kier alpha value is -3.48. The van der Waals surface area contributed by atoms with Crippen molar-refractivity contribution in [3.63, 3.8) is 0 Å². The molecule has 4 unspecified atom stereocenters. The molecular formula is C20H27N5O7. The van der Waals surface area contributed by atoms with E-state index in [4.69, 9.17) is 15.9 Å². The first-order valence-corrected chi connectivity index (χ1v) is 9.83. The number of hydrogen-bond acceptors (Lipinski definition) is 7. The summed E-state index contributed by atoms with van der Waals surface area (Å²) in [5.74, 6) is -3.87. The van der Waals surface area contributed by atoms with Crippen LogP contribution in [-0.4, -0.2) is 81.4 Å². The van der Waals surface area contributed by atoms with Gasteiger partial charge in [-0.1, -0.05) is 18.2 Å². The van der Waals surface area contributed by atoms with Crippen LogP contribution in [0, 0.1) is 0 Å². The molecule has 0 bridgehead atoms. The normalized spacial score (nSPS) is 14.8. The molecule has 3 amide bonds. The number of aromatic nitrogens is 1. The van der Waals surface area contributed by atoms with Crippen LogP contribution < -0.4 is 21.7 Å². The zero-order valence-corrected chi connectivity index (χ0v) is 17.4. The highest BCUT2D eigenvalue weighted by Crippen LogP contribution is 2.18. The van der Waals surface area contributed by atoms with Crippen LogP contribution in [0.2, 0.25) is 0 Å². The van der Waals surface area contributed by atoms with E-state index in [1.54, 1.807) is 6.20 Å². The maximum absolute atomic E-state index is 12.3. The van der Waals surface area contributed by atoms with Crippen molar-refractivity contribution in [3.05, 3.63) is 36.0 Å². The molecule has 174 valence electrons. The number of nitrogens with one attached hydrogen (secondary N) is 4. The number of carbonyl (C=O) groups excluding carboxylic acids is 3. The van der Waals surface area contributed by atoms with Gasteiger partial charge in [-0.15, -0.1) is 0 Å². The number of carboxylic acids is 1. The van der Waals surface area contributed by atoms with Crippen molar-refractivity contribution in [2.75, 3.05) is 13.2 Å². The minimum atomic E-state index is -1.59. The number of aliphatic hydroxyl groups excluding tert-OH is 2. The van der Waals surface area contributed by atoms with E-state index in [0.29, 0.717) is 0 Å². The highest BCUT2D eigenvalue weighted by Gasteiger charge is 2.29. The molecule has 1 aromatic heterocycles. The van der Waals surface area contributed by atoms with Gasteiger partial charge in [0.1, 0.15) is 12.1 Å². The fourth-order valence-corrected chi connectivity index (χ4v) is 3.01. The molecule has 0 fully saturated rings. The molecule has 0 aliphatic heterocycles. The fourth-order valence-electron chi connectivity index (χ4n) is 3.01. The van der Waals surface area contributed by atoms with E-state index in [9.17, 15) is 24.3 Å². The van der Waals surface area contributed by atoms with Crippen molar-refractivity contribution in [1.29, 1.82) is 0 Å². The van der Waals surface area contributed by atoms with Gasteiger partial charge in [-0.05, 0) is 25.0 Å². The van der Waals surface area contributed by atoms with E-state index >= 15 is 0 Å².